The van der Waals surface area contributed by atoms with Crippen LogP contribution in [0.5, 0.6) is 11.5 Å². The van der Waals surface area contributed by atoms with Crippen LogP contribution in [0.15, 0.2) is 23.8 Å². The van der Waals surface area contributed by atoms with Crippen LogP contribution in [-0.2, 0) is 12.8 Å². The fourth-order valence-electron chi connectivity index (χ4n) is 2.23. The molecule has 0 unspecified atom stereocenters. The molecule has 0 fully saturated rings. The summed E-state index contributed by atoms with van der Waals surface area (Å²) in [4.78, 5) is 0. The molecule has 0 spiro atoms. The summed E-state index contributed by atoms with van der Waals surface area (Å²) in [6, 6.07) is 3.99. The maximum absolute atomic E-state index is 5.42. The third-order valence-corrected chi connectivity index (χ3v) is 3.21. The number of fused-ring (bicyclic) bond motifs is 1. The van der Waals surface area contributed by atoms with E-state index in [4.69, 9.17) is 9.47 Å². The minimum Gasteiger partial charge on any atom is -0.496 e. The van der Waals surface area contributed by atoms with E-state index in [-0.39, 0.29) is 0 Å². The molecule has 1 aromatic carbocycles. The molecule has 1 aliphatic rings. The first-order valence-electron chi connectivity index (χ1n) is 5.64. The Hall–Kier alpha value is -1.44. The number of allylic oxidation sites excluding steroid dienone is 2. The largest absolute Gasteiger partial charge is 0.496 e. The van der Waals surface area contributed by atoms with Crippen LogP contribution in [0.4, 0.5) is 0 Å². The fourth-order valence-corrected chi connectivity index (χ4v) is 2.23. The SMILES string of the molecule is COc1ccc(OC)c2c1CC=C(C)CC2. The number of ether oxygens (including phenoxy) is 2. The topological polar surface area (TPSA) is 18.5 Å². The average molecular weight is 218 g/mol. The summed E-state index contributed by atoms with van der Waals surface area (Å²) in [5, 5.41) is 0. The van der Waals surface area contributed by atoms with E-state index in [9.17, 15) is 0 Å². The predicted octanol–water partition coefficient (Wildman–Crippen LogP) is 3.14. The molecule has 86 valence electrons. The molecule has 0 saturated heterocycles. The molecule has 0 heterocycles. The Kier molecular flexibility index (Phi) is 3.18. The van der Waals surface area contributed by atoms with Crippen molar-refractivity contribution in [3.05, 3.63) is 34.9 Å². The van der Waals surface area contributed by atoms with Gasteiger partial charge in [-0.25, -0.2) is 0 Å². The fraction of sp³-hybridized carbons (Fsp3) is 0.429. The van der Waals surface area contributed by atoms with Crippen molar-refractivity contribution in [3.8, 4) is 11.5 Å². The predicted molar refractivity (Wildman–Crippen MR) is 65.3 cm³/mol. The lowest BCUT2D eigenvalue weighted by Gasteiger charge is -2.14. The molecule has 0 amide bonds. The lowest BCUT2D eigenvalue weighted by atomic mass is 10.0. The number of hydrogen-bond acceptors (Lipinski definition) is 2. The van der Waals surface area contributed by atoms with E-state index in [1.165, 1.54) is 16.7 Å². The van der Waals surface area contributed by atoms with Gasteiger partial charge in [0.1, 0.15) is 11.5 Å². The average Bonchev–Trinajstić information content (AvgIpc) is 2.51. The number of rotatable bonds is 2. The molecule has 0 aliphatic heterocycles. The Morgan fingerprint density at radius 2 is 1.56 bits per heavy atom. The highest BCUT2D eigenvalue weighted by atomic mass is 16.5. The van der Waals surface area contributed by atoms with Gasteiger partial charge in [0, 0.05) is 11.1 Å². The first-order valence-corrected chi connectivity index (χ1v) is 5.64. The van der Waals surface area contributed by atoms with Crippen LogP contribution in [0.3, 0.4) is 0 Å². The lowest BCUT2D eigenvalue weighted by molar-refractivity contribution is 0.395. The van der Waals surface area contributed by atoms with E-state index in [1.807, 2.05) is 12.1 Å². The molecule has 2 nitrogen and oxygen atoms in total. The lowest BCUT2D eigenvalue weighted by Crippen LogP contribution is -1.99. The minimum atomic E-state index is 0.946. The second-order valence-corrected chi connectivity index (χ2v) is 4.18. The van der Waals surface area contributed by atoms with Crippen LogP contribution >= 0.6 is 0 Å². The molecule has 1 aliphatic carbocycles. The summed E-state index contributed by atoms with van der Waals surface area (Å²) in [6.07, 6.45) is 5.38. The van der Waals surface area contributed by atoms with E-state index in [0.29, 0.717) is 0 Å². The summed E-state index contributed by atoms with van der Waals surface area (Å²) in [6.45, 7) is 2.19. The molecular formula is C14H18O2. The summed E-state index contributed by atoms with van der Waals surface area (Å²) in [5.74, 6) is 1.96. The van der Waals surface area contributed by atoms with Gasteiger partial charge in [-0.2, -0.15) is 0 Å². The maximum Gasteiger partial charge on any atom is 0.122 e. The van der Waals surface area contributed by atoms with Crippen LogP contribution in [-0.4, -0.2) is 14.2 Å². The maximum atomic E-state index is 5.42. The Morgan fingerprint density at radius 1 is 0.938 bits per heavy atom. The van der Waals surface area contributed by atoms with Gasteiger partial charge in [-0.15, -0.1) is 0 Å². The normalized spacial score (nSPS) is 14.8. The highest BCUT2D eigenvalue weighted by Crippen LogP contribution is 2.34. The highest BCUT2D eigenvalue weighted by Gasteiger charge is 2.16. The molecule has 0 saturated carbocycles. The van der Waals surface area contributed by atoms with Gasteiger partial charge < -0.3 is 9.47 Å². The summed E-state index contributed by atoms with van der Waals surface area (Å²) < 4.78 is 10.8. The molecule has 0 radical (unpaired) electrons. The van der Waals surface area contributed by atoms with Gasteiger partial charge in [-0.05, 0) is 38.3 Å². The van der Waals surface area contributed by atoms with Gasteiger partial charge in [-0.3, -0.25) is 0 Å². The molecule has 2 rings (SSSR count). The van der Waals surface area contributed by atoms with Crippen LogP contribution in [0.25, 0.3) is 0 Å². The second kappa shape index (κ2) is 4.60. The first kappa shape index (κ1) is 11.1. The zero-order valence-electron chi connectivity index (χ0n) is 10.2. The molecule has 0 N–H and O–H groups in total. The van der Waals surface area contributed by atoms with Crippen LogP contribution < -0.4 is 9.47 Å². The van der Waals surface area contributed by atoms with Crippen molar-refractivity contribution in [2.75, 3.05) is 14.2 Å². The van der Waals surface area contributed by atoms with E-state index in [2.05, 4.69) is 13.0 Å². The smallest absolute Gasteiger partial charge is 0.122 e. The first-order chi connectivity index (χ1) is 7.76. The van der Waals surface area contributed by atoms with Gasteiger partial charge >= 0.3 is 0 Å². The van der Waals surface area contributed by atoms with Crippen molar-refractivity contribution in [1.29, 1.82) is 0 Å². The van der Waals surface area contributed by atoms with Gasteiger partial charge in [0.2, 0.25) is 0 Å². The van der Waals surface area contributed by atoms with Crippen molar-refractivity contribution in [1.82, 2.24) is 0 Å². The number of hydrogen-bond donors (Lipinski definition) is 0. The number of benzene rings is 1. The molecule has 0 bridgehead atoms. The van der Waals surface area contributed by atoms with Crippen LogP contribution in [0, 0.1) is 0 Å². The monoisotopic (exact) mass is 218 g/mol. The Bertz CT molecular complexity index is 419. The standard InChI is InChI=1S/C14H18O2/c1-10-4-6-11-12(7-5-10)14(16-3)9-8-13(11)15-2/h4,8-9H,5-7H2,1-3H3. The van der Waals surface area contributed by atoms with Gasteiger partial charge in [-0.1, -0.05) is 11.6 Å². The second-order valence-electron chi connectivity index (χ2n) is 4.18. The molecule has 0 atom stereocenters. The van der Waals surface area contributed by atoms with Gasteiger partial charge in [0.05, 0.1) is 14.2 Å². The van der Waals surface area contributed by atoms with Crippen molar-refractivity contribution in [2.45, 2.75) is 26.2 Å². The quantitative estimate of drug-likeness (QED) is 0.710. The summed E-state index contributed by atoms with van der Waals surface area (Å²) in [5.41, 5.74) is 4.02. The number of methoxy groups -OCH3 is 2. The molecule has 0 aromatic heterocycles. The van der Waals surface area contributed by atoms with E-state index in [0.717, 1.165) is 30.8 Å². The van der Waals surface area contributed by atoms with Crippen molar-refractivity contribution in [2.24, 2.45) is 0 Å². The van der Waals surface area contributed by atoms with Gasteiger partial charge in [0.25, 0.3) is 0 Å². The molecule has 1 aromatic rings. The third kappa shape index (κ3) is 1.92. The Balaban J connectivity index is 2.50. The zero-order chi connectivity index (χ0) is 11.5. The van der Waals surface area contributed by atoms with Crippen LogP contribution in [0.2, 0.25) is 0 Å². The molecular weight excluding hydrogens is 200 g/mol. The Morgan fingerprint density at radius 3 is 2.19 bits per heavy atom. The highest BCUT2D eigenvalue weighted by molar-refractivity contribution is 5.50. The van der Waals surface area contributed by atoms with E-state index in [1.54, 1.807) is 14.2 Å². The minimum absolute atomic E-state index is 0.946. The van der Waals surface area contributed by atoms with Crippen LogP contribution in [0.1, 0.15) is 24.5 Å². The third-order valence-electron chi connectivity index (χ3n) is 3.21. The molecule has 2 heteroatoms. The Labute approximate surface area is 96.9 Å². The van der Waals surface area contributed by atoms with Crippen molar-refractivity contribution >= 4 is 0 Å². The molecule has 16 heavy (non-hydrogen) atoms. The summed E-state index contributed by atoms with van der Waals surface area (Å²) >= 11 is 0. The van der Waals surface area contributed by atoms with E-state index < -0.39 is 0 Å². The van der Waals surface area contributed by atoms with Gasteiger partial charge in [0.15, 0.2) is 0 Å². The van der Waals surface area contributed by atoms with Crippen molar-refractivity contribution in [3.63, 3.8) is 0 Å². The van der Waals surface area contributed by atoms with Crippen molar-refractivity contribution < 1.29 is 9.47 Å². The zero-order valence-corrected chi connectivity index (χ0v) is 10.2. The van der Waals surface area contributed by atoms with E-state index >= 15 is 0 Å². The summed E-state index contributed by atoms with van der Waals surface area (Å²) in [7, 11) is 3.46.